The predicted octanol–water partition coefficient (Wildman–Crippen LogP) is 5.67. The second-order valence-corrected chi connectivity index (χ2v) is 7.41. The summed E-state index contributed by atoms with van der Waals surface area (Å²) in [6, 6.07) is 24.6. The van der Waals surface area contributed by atoms with Crippen LogP contribution in [0.25, 0.3) is 33.4 Å². The standard InChI is InChI=1S/C26H21N5/c1-18-6-4-7-19(14-18)20-10-11-24-23(15-20)26(29-17-22-9-2-3-13-28-22)31-25(30-24)21-8-5-12-27-16-21/h2-16H,17H2,1H3,(H,29,30,31). The van der Waals surface area contributed by atoms with Crippen LogP contribution in [0.3, 0.4) is 0 Å². The van der Waals surface area contributed by atoms with E-state index in [-0.39, 0.29) is 0 Å². The van der Waals surface area contributed by atoms with Gasteiger partial charge in [-0.05, 0) is 54.4 Å². The number of benzene rings is 2. The van der Waals surface area contributed by atoms with Gasteiger partial charge in [0.2, 0.25) is 0 Å². The molecule has 0 unspecified atom stereocenters. The van der Waals surface area contributed by atoms with Gasteiger partial charge >= 0.3 is 0 Å². The minimum atomic E-state index is 0.577. The molecule has 5 nitrogen and oxygen atoms in total. The van der Waals surface area contributed by atoms with Crippen molar-refractivity contribution in [1.82, 2.24) is 19.9 Å². The zero-order chi connectivity index (χ0) is 21.0. The molecule has 3 heterocycles. The van der Waals surface area contributed by atoms with Crippen molar-refractivity contribution < 1.29 is 0 Å². The smallest absolute Gasteiger partial charge is 0.163 e. The summed E-state index contributed by atoms with van der Waals surface area (Å²) < 4.78 is 0. The summed E-state index contributed by atoms with van der Waals surface area (Å²) in [6.45, 7) is 2.68. The van der Waals surface area contributed by atoms with Crippen molar-refractivity contribution in [3.63, 3.8) is 0 Å². The highest BCUT2D eigenvalue weighted by Crippen LogP contribution is 2.30. The first-order valence-corrected chi connectivity index (χ1v) is 10.2. The molecule has 0 saturated heterocycles. The lowest BCUT2D eigenvalue weighted by Gasteiger charge is -2.12. The van der Waals surface area contributed by atoms with E-state index >= 15 is 0 Å². The number of hydrogen-bond donors (Lipinski definition) is 1. The highest BCUT2D eigenvalue weighted by atomic mass is 15.0. The molecule has 0 radical (unpaired) electrons. The molecule has 0 atom stereocenters. The average Bonchev–Trinajstić information content (AvgIpc) is 2.83. The first kappa shape index (κ1) is 18.9. The SMILES string of the molecule is Cc1cccc(-c2ccc3nc(-c4cccnc4)nc(NCc4ccccn4)c3c2)c1. The Kier molecular flexibility index (Phi) is 5.07. The van der Waals surface area contributed by atoms with E-state index in [1.54, 1.807) is 18.6 Å². The van der Waals surface area contributed by atoms with Crippen molar-refractivity contribution in [2.75, 3.05) is 5.32 Å². The molecular formula is C26H21N5. The lowest BCUT2D eigenvalue weighted by Crippen LogP contribution is -2.05. The number of anilines is 1. The van der Waals surface area contributed by atoms with Crippen molar-refractivity contribution >= 4 is 16.7 Å². The Morgan fingerprint density at radius 1 is 0.774 bits per heavy atom. The highest BCUT2D eigenvalue weighted by Gasteiger charge is 2.11. The Morgan fingerprint density at radius 3 is 2.48 bits per heavy atom. The van der Waals surface area contributed by atoms with Gasteiger partial charge in [0.15, 0.2) is 5.82 Å². The molecule has 2 aromatic carbocycles. The molecule has 0 fully saturated rings. The maximum Gasteiger partial charge on any atom is 0.163 e. The number of aryl methyl sites for hydroxylation is 1. The van der Waals surface area contributed by atoms with Crippen LogP contribution in [0.4, 0.5) is 5.82 Å². The fourth-order valence-electron chi connectivity index (χ4n) is 3.57. The molecule has 0 aliphatic carbocycles. The first-order chi connectivity index (χ1) is 15.3. The lowest BCUT2D eigenvalue weighted by atomic mass is 10.0. The third-order valence-corrected chi connectivity index (χ3v) is 5.13. The van der Waals surface area contributed by atoms with E-state index in [2.05, 4.69) is 64.7 Å². The summed E-state index contributed by atoms with van der Waals surface area (Å²) in [4.78, 5) is 18.3. The van der Waals surface area contributed by atoms with Crippen LogP contribution in [0, 0.1) is 6.92 Å². The quantitative estimate of drug-likeness (QED) is 0.409. The van der Waals surface area contributed by atoms with Gasteiger partial charge in [0.05, 0.1) is 17.8 Å². The fourth-order valence-corrected chi connectivity index (χ4v) is 3.57. The van der Waals surface area contributed by atoms with Crippen molar-refractivity contribution in [1.29, 1.82) is 0 Å². The third-order valence-electron chi connectivity index (χ3n) is 5.13. The number of aromatic nitrogens is 4. The first-order valence-electron chi connectivity index (χ1n) is 10.2. The van der Waals surface area contributed by atoms with E-state index < -0.39 is 0 Å². The monoisotopic (exact) mass is 403 g/mol. The van der Waals surface area contributed by atoms with Gasteiger partial charge in [-0.3, -0.25) is 9.97 Å². The summed E-state index contributed by atoms with van der Waals surface area (Å²) in [7, 11) is 0. The number of nitrogens with one attached hydrogen (secondary N) is 1. The lowest BCUT2D eigenvalue weighted by molar-refractivity contribution is 1.03. The van der Waals surface area contributed by atoms with Crippen LogP contribution in [0.15, 0.2) is 91.4 Å². The van der Waals surface area contributed by atoms with Crippen LogP contribution in [0.1, 0.15) is 11.3 Å². The number of rotatable bonds is 5. The second-order valence-electron chi connectivity index (χ2n) is 7.41. The summed E-state index contributed by atoms with van der Waals surface area (Å²) in [6.07, 6.45) is 5.33. The van der Waals surface area contributed by atoms with E-state index in [1.165, 1.54) is 11.1 Å². The number of hydrogen-bond acceptors (Lipinski definition) is 5. The van der Waals surface area contributed by atoms with Gasteiger partial charge in [0, 0.05) is 29.5 Å². The fraction of sp³-hybridized carbons (Fsp3) is 0.0769. The Hall–Kier alpha value is -4.12. The molecule has 0 aliphatic rings. The summed E-state index contributed by atoms with van der Waals surface area (Å²) >= 11 is 0. The largest absolute Gasteiger partial charge is 0.364 e. The van der Waals surface area contributed by atoms with Gasteiger partial charge < -0.3 is 5.32 Å². The predicted molar refractivity (Wildman–Crippen MR) is 125 cm³/mol. The highest BCUT2D eigenvalue weighted by molar-refractivity contribution is 5.94. The number of fused-ring (bicyclic) bond motifs is 1. The van der Waals surface area contributed by atoms with Crippen LogP contribution < -0.4 is 5.32 Å². The molecule has 0 aliphatic heterocycles. The molecule has 5 rings (SSSR count). The van der Waals surface area contributed by atoms with Gasteiger partial charge in [0.25, 0.3) is 0 Å². The molecule has 0 spiro atoms. The minimum absolute atomic E-state index is 0.577. The van der Waals surface area contributed by atoms with E-state index in [0.29, 0.717) is 12.4 Å². The second kappa shape index (κ2) is 8.32. The van der Waals surface area contributed by atoms with Crippen molar-refractivity contribution in [3.8, 4) is 22.5 Å². The molecule has 5 heteroatoms. The van der Waals surface area contributed by atoms with Crippen molar-refractivity contribution in [2.24, 2.45) is 0 Å². The molecule has 5 aromatic rings. The zero-order valence-corrected chi connectivity index (χ0v) is 17.2. The van der Waals surface area contributed by atoms with Crippen LogP contribution in [-0.2, 0) is 6.54 Å². The molecule has 1 N–H and O–H groups in total. The van der Waals surface area contributed by atoms with E-state index in [9.17, 15) is 0 Å². The summed E-state index contributed by atoms with van der Waals surface area (Å²) in [5.41, 5.74) is 6.26. The van der Waals surface area contributed by atoms with Gasteiger partial charge in [-0.2, -0.15) is 0 Å². The maximum atomic E-state index is 4.85. The molecular weight excluding hydrogens is 382 g/mol. The molecule has 0 amide bonds. The molecule has 150 valence electrons. The van der Waals surface area contributed by atoms with Crippen molar-refractivity contribution in [2.45, 2.75) is 13.5 Å². The van der Waals surface area contributed by atoms with Crippen LogP contribution in [0.5, 0.6) is 0 Å². The topological polar surface area (TPSA) is 63.6 Å². The molecule has 0 bridgehead atoms. The Balaban J connectivity index is 1.62. The normalized spacial score (nSPS) is 10.9. The molecule has 31 heavy (non-hydrogen) atoms. The van der Waals surface area contributed by atoms with E-state index in [4.69, 9.17) is 9.97 Å². The molecule has 0 saturated carbocycles. The number of pyridine rings is 2. The third kappa shape index (κ3) is 4.12. The van der Waals surface area contributed by atoms with Crippen molar-refractivity contribution in [3.05, 3.63) is 103 Å². The number of nitrogens with zero attached hydrogens (tertiary/aromatic N) is 4. The summed E-state index contributed by atoms with van der Waals surface area (Å²) in [5.74, 6) is 1.43. The zero-order valence-electron chi connectivity index (χ0n) is 17.2. The summed E-state index contributed by atoms with van der Waals surface area (Å²) in [5, 5.41) is 4.44. The Labute approximate surface area is 180 Å². The van der Waals surface area contributed by atoms with Crippen LogP contribution in [-0.4, -0.2) is 19.9 Å². The van der Waals surface area contributed by atoms with E-state index in [1.807, 2.05) is 30.3 Å². The van der Waals surface area contributed by atoms with E-state index in [0.717, 1.165) is 33.5 Å². The minimum Gasteiger partial charge on any atom is -0.364 e. The van der Waals surface area contributed by atoms with Gasteiger partial charge in [0.1, 0.15) is 5.82 Å². The van der Waals surface area contributed by atoms with Crippen LogP contribution >= 0.6 is 0 Å². The Bertz CT molecular complexity index is 1330. The van der Waals surface area contributed by atoms with Gasteiger partial charge in [-0.1, -0.05) is 42.0 Å². The molecule has 3 aromatic heterocycles. The maximum absolute atomic E-state index is 4.85. The van der Waals surface area contributed by atoms with Gasteiger partial charge in [-0.25, -0.2) is 9.97 Å². The average molecular weight is 403 g/mol. The Morgan fingerprint density at radius 2 is 1.68 bits per heavy atom. The van der Waals surface area contributed by atoms with Crippen LogP contribution in [0.2, 0.25) is 0 Å². The van der Waals surface area contributed by atoms with Gasteiger partial charge in [-0.15, -0.1) is 0 Å².